The van der Waals surface area contributed by atoms with Crippen molar-refractivity contribution in [2.45, 2.75) is 37.8 Å². The van der Waals surface area contributed by atoms with Gasteiger partial charge in [0.05, 0.1) is 6.00 Å². The van der Waals surface area contributed by atoms with E-state index in [1.54, 1.807) is 7.85 Å². The highest BCUT2D eigenvalue weighted by Crippen LogP contribution is 2.31. The number of aliphatic hydroxyl groups is 2. The van der Waals surface area contributed by atoms with Crippen LogP contribution in [-0.2, 0) is 14.0 Å². The molecule has 0 aromatic rings. The third-order valence-electron chi connectivity index (χ3n) is 2.82. The topological polar surface area (TPSA) is 76.0 Å². The van der Waals surface area contributed by atoms with Gasteiger partial charge in [-0.3, -0.25) is 0 Å². The van der Waals surface area contributed by atoms with E-state index in [0.29, 0.717) is 6.16 Å². The third kappa shape index (κ3) is 2.83. The van der Waals surface area contributed by atoms with Crippen LogP contribution in [0.25, 0.3) is 0 Å². The summed E-state index contributed by atoms with van der Waals surface area (Å²) < 4.78 is 21.6. The molecule has 0 radical (unpaired) electrons. The molecule has 0 aliphatic carbocycles. The first-order chi connectivity index (χ1) is 6.89. The van der Waals surface area contributed by atoms with E-state index >= 15 is 0 Å². The third-order valence-corrected chi connectivity index (χ3v) is 4.10. The van der Waals surface area contributed by atoms with Gasteiger partial charge in [0, 0.05) is 0 Å². The maximum Gasteiger partial charge on any atom is 0.186 e. The van der Waals surface area contributed by atoms with Crippen LogP contribution in [0.15, 0.2) is 0 Å². The van der Waals surface area contributed by atoms with Crippen LogP contribution in [0, 0.1) is 0 Å². The molecule has 0 amide bonds. The maximum absolute atomic E-state index is 11.2. The van der Waals surface area contributed by atoms with Crippen molar-refractivity contribution in [2.24, 2.45) is 0 Å². The predicted octanol–water partition coefficient (Wildman–Crippen LogP) is -1.03. The lowest BCUT2D eigenvalue weighted by Crippen LogP contribution is -2.45. The van der Waals surface area contributed by atoms with Gasteiger partial charge in [-0.05, 0) is 13.1 Å². The van der Waals surface area contributed by atoms with Crippen LogP contribution in [0.3, 0.4) is 0 Å². The van der Waals surface area contributed by atoms with Crippen molar-refractivity contribution in [3.63, 3.8) is 0 Å². The molecule has 5 atom stereocenters. The smallest absolute Gasteiger partial charge is 0.186 e. The van der Waals surface area contributed by atoms with Gasteiger partial charge in [-0.2, -0.15) is 0 Å². The van der Waals surface area contributed by atoms with Crippen molar-refractivity contribution in [2.75, 3.05) is 12.5 Å². The Balaban J connectivity index is 2.49. The van der Waals surface area contributed by atoms with Crippen LogP contribution in [-0.4, -0.2) is 54.6 Å². The highest BCUT2D eigenvalue weighted by atomic mass is 31.1. The Morgan fingerprint density at radius 3 is 2.67 bits per heavy atom. The van der Waals surface area contributed by atoms with Crippen molar-refractivity contribution >= 4 is 15.6 Å². The van der Waals surface area contributed by atoms with Crippen LogP contribution in [0.4, 0.5) is 0 Å². The van der Waals surface area contributed by atoms with Crippen LogP contribution in [0.1, 0.15) is 13.8 Å². The second-order valence-corrected chi connectivity index (χ2v) is 6.09. The standard InChI is InChI=1S/C8H18BO5P/c1-3-15(12)4-13-6-5(10)8(2,11)7(9)14-6/h5-7,10-11,15H,3-4,9H2,1-2H3. The number of rotatable bonds is 4. The predicted molar refractivity (Wildman–Crippen MR) is 59.3 cm³/mol. The number of ether oxygens (including phenoxy) is 2. The summed E-state index contributed by atoms with van der Waals surface area (Å²) in [4.78, 5) is 0. The fourth-order valence-corrected chi connectivity index (χ4v) is 1.89. The Kier molecular flexibility index (Phi) is 4.38. The highest BCUT2D eigenvalue weighted by Gasteiger charge is 2.50. The van der Waals surface area contributed by atoms with E-state index in [0.717, 1.165) is 0 Å². The Hall–Kier alpha value is 0.135. The quantitative estimate of drug-likeness (QED) is 0.482. The van der Waals surface area contributed by atoms with Gasteiger partial charge in [0.2, 0.25) is 0 Å². The average Bonchev–Trinajstić information content (AvgIpc) is 2.38. The molecule has 1 saturated heterocycles. The first-order valence-corrected chi connectivity index (χ1v) is 6.91. The molecule has 1 aliphatic heterocycles. The molecule has 0 aromatic heterocycles. The molecule has 5 nitrogen and oxygen atoms in total. The fourth-order valence-electron chi connectivity index (χ4n) is 1.34. The molecule has 0 bridgehead atoms. The van der Waals surface area contributed by atoms with Crippen LogP contribution in [0.2, 0.25) is 0 Å². The molecule has 5 unspecified atom stereocenters. The molecule has 7 heteroatoms. The summed E-state index contributed by atoms with van der Waals surface area (Å²) in [6.07, 6.45) is -1.32. The number of hydrogen-bond donors (Lipinski definition) is 2. The second kappa shape index (κ2) is 4.98. The fraction of sp³-hybridized carbons (Fsp3) is 1.00. The molecular formula is C8H18BO5P. The highest BCUT2D eigenvalue weighted by molar-refractivity contribution is 7.44. The van der Waals surface area contributed by atoms with Gasteiger partial charge in [-0.15, -0.1) is 0 Å². The molecule has 0 aromatic carbocycles. The van der Waals surface area contributed by atoms with E-state index < -0.39 is 31.8 Å². The van der Waals surface area contributed by atoms with E-state index in [9.17, 15) is 14.8 Å². The minimum atomic E-state index is -1.74. The average molecular weight is 236 g/mol. The van der Waals surface area contributed by atoms with Crippen LogP contribution >= 0.6 is 7.80 Å². The maximum atomic E-state index is 11.2. The summed E-state index contributed by atoms with van der Waals surface area (Å²) in [5.74, 6) is 0. The molecular weight excluding hydrogens is 218 g/mol. The molecule has 88 valence electrons. The van der Waals surface area contributed by atoms with Gasteiger partial charge in [-0.1, -0.05) is 6.92 Å². The van der Waals surface area contributed by atoms with Crippen molar-refractivity contribution in [3.8, 4) is 0 Å². The largest absolute Gasteiger partial charge is 0.385 e. The first-order valence-electron chi connectivity index (χ1n) is 5.08. The van der Waals surface area contributed by atoms with Gasteiger partial charge in [0.25, 0.3) is 0 Å². The van der Waals surface area contributed by atoms with Gasteiger partial charge < -0.3 is 24.3 Å². The summed E-state index contributed by atoms with van der Waals surface area (Å²) in [5.41, 5.74) is -1.31. The summed E-state index contributed by atoms with van der Waals surface area (Å²) >= 11 is 0. The lowest BCUT2D eigenvalue weighted by atomic mass is 9.83. The molecule has 2 N–H and O–H groups in total. The molecule has 1 fully saturated rings. The Morgan fingerprint density at radius 2 is 2.27 bits per heavy atom. The van der Waals surface area contributed by atoms with E-state index in [4.69, 9.17) is 9.47 Å². The first kappa shape index (κ1) is 13.2. The second-order valence-electron chi connectivity index (χ2n) is 4.02. The summed E-state index contributed by atoms with van der Waals surface area (Å²) in [5, 5.41) is 19.5. The zero-order valence-corrected chi connectivity index (χ0v) is 10.3. The Labute approximate surface area is 91.0 Å². The Morgan fingerprint density at radius 1 is 1.67 bits per heavy atom. The molecule has 1 aliphatic rings. The van der Waals surface area contributed by atoms with Gasteiger partial charge in [-0.25, -0.2) is 0 Å². The van der Waals surface area contributed by atoms with Gasteiger partial charge in [0.15, 0.2) is 6.29 Å². The monoisotopic (exact) mass is 236 g/mol. The van der Waals surface area contributed by atoms with Crippen molar-refractivity contribution in [1.82, 2.24) is 0 Å². The van der Waals surface area contributed by atoms with Gasteiger partial charge >= 0.3 is 0 Å². The lowest BCUT2D eigenvalue weighted by molar-refractivity contribution is -0.148. The van der Waals surface area contributed by atoms with E-state index in [-0.39, 0.29) is 6.35 Å². The zero-order chi connectivity index (χ0) is 11.6. The van der Waals surface area contributed by atoms with Crippen molar-refractivity contribution < 1.29 is 24.3 Å². The molecule has 15 heavy (non-hydrogen) atoms. The lowest BCUT2D eigenvalue weighted by Gasteiger charge is -2.23. The Bertz CT molecular complexity index is 247. The normalized spacial score (nSPS) is 43.1. The SMILES string of the molecule is BC1OC(OC[PH](=O)CC)C(O)C1(C)O. The number of aliphatic hydroxyl groups excluding tert-OH is 1. The minimum absolute atomic E-state index is 0.0890. The summed E-state index contributed by atoms with van der Waals surface area (Å²) in [7, 11) is -0.0762. The van der Waals surface area contributed by atoms with Crippen LogP contribution < -0.4 is 0 Å². The van der Waals surface area contributed by atoms with Gasteiger partial charge in [0.1, 0.15) is 33.7 Å². The molecule has 1 rings (SSSR count). The van der Waals surface area contributed by atoms with E-state index in [1.165, 1.54) is 6.92 Å². The van der Waals surface area contributed by atoms with Crippen molar-refractivity contribution in [1.29, 1.82) is 0 Å². The summed E-state index contributed by atoms with van der Waals surface area (Å²) in [6, 6.07) is -0.499. The minimum Gasteiger partial charge on any atom is -0.385 e. The number of hydrogen-bond acceptors (Lipinski definition) is 5. The summed E-state index contributed by atoms with van der Waals surface area (Å²) in [6.45, 7) is 3.31. The zero-order valence-electron chi connectivity index (χ0n) is 9.27. The van der Waals surface area contributed by atoms with Crippen LogP contribution in [0.5, 0.6) is 0 Å². The molecule has 0 saturated carbocycles. The molecule has 0 spiro atoms. The molecule has 1 heterocycles. The van der Waals surface area contributed by atoms with Crippen molar-refractivity contribution in [3.05, 3.63) is 0 Å². The van der Waals surface area contributed by atoms with E-state index in [2.05, 4.69) is 0 Å². The van der Waals surface area contributed by atoms with E-state index in [1.807, 2.05) is 6.92 Å².